The molecule has 5 heteroatoms. The second-order valence-electron chi connectivity index (χ2n) is 6.77. The molecule has 0 bridgehead atoms. The van der Waals surface area contributed by atoms with E-state index in [0.717, 1.165) is 16.5 Å². The molecule has 1 heterocycles. The van der Waals surface area contributed by atoms with Gasteiger partial charge in [-0.25, -0.2) is 4.79 Å². The summed E-state index contributed by atoms with van der Waals surface area (Å²) in [7, 11) is 0. The number of benzene rings is 2. The number of rotatable bonds is 2. The van der Waals surface area contributed by atoms with Crippen molar-refractivity contribution in [2.75, 3.05) is 0 Å². The third kappa shape index (κ3) is 4.23. The van der Waals surface area contributed by atoms with Crippen molar-refractivity contribution in [3.8, 4) is 0 Å². The SMILES string of the molecule is CC(C)(C)OC(=O)n1cc(C(O)c2ccccc2)c2ccccc21.[H-].[H-].[Mg+2]. The van der Waals surface area contributed by atoms with E-state index in [1.165, 1.54) is 4.57 Å². The van der Waals surface area contributed by atoms with Crippen LogP contribution in [0.25, 0.3) is 10.9 Å². The Hall–Kier alpha value is -1.82. The molecule has 25 heavy (non-hydrogen) atoms. The van der Waals surface area contributed by atoms with Crippen LogP contribution in [0.5, 0.6) is 0 Å². The van der Waals surface area contributed by atoms with Crippen LogP contribution in [0.15, 0.2) is 60.8 Å². The quantitative estimate of drug-likeness (QED) is 0.700. The minimum atomic E-state index is -0.806. The molecule has 3 rings (SSSR count). The summed E-state index contributed by atoms with van der Waals surface area (Å²) in [6.07, 6.45) is 0.404. The summed E-state index contributed by atoms with van der Waals surface area (Å²) in [5.74, 6) is 0. The van der Waals surface area contributed by atoms with Crippen LogP contribution < -0.4 is 0 Å². The zero-order valence-electron chi connectivity index (χ0n) is 16.8. The van der Waals surface area contributed by atoms with Gasteiger partial charge in [-0.3, -0.25) is 4.57 Å². The minimum absolute atomic E-state index is 0. The van der Waals surface area contributed by atoms with Crippen molar-refractivity contribution >= 4 is 40.0 Å². The van der Waals surface area contributed by atoms with Gasteiger partial charge in [0.25, 0.3) is 0 Å². The normalized spacial score (nSPS) is 12.5. The molecule has 0 amide bonds. The molecule has 4 nitrogen and oxygen atoms in total. The number of carbonyl (C=O) groups excluding carboxylic acids is 1. The number of para-hydroxylation sites is 1. The fourth-order valence-electron chi connectivity index (χ4n) is 2.70. The van der Waals surface area contributed by atoms with Crippen LogP contribution in [-0.2, 0) is 4.74 Å². The number of carbonyl (C=O) groups is 1. The van der Waals surface area contributed by atoms with Crippen molar-refractivity contribution in [2.45, 2.75) is 32.5 Å². The van der Waals surface area contributed by atoms with Crippen molar-refractivity contribution < 1.29 is 17.5 Å². The van der Waals surface area contributed by atoms with Gasteiger partial charge in [-0.15, -0.1) is 0 Å². The Kier molecular flexibility index (Phi) is 5.93. The molecule has 1 N–H and O–H groups in total. The van der Waals surface area contributed by atoms with E-state index in [-0.39, 0.29) is 25.9 Å². The van der Waals surface area contributed by atoms with Crippen LogP contribution in [0, 0.1) is 0 Å². The van der Waals surface area contributed by atoms with Crippen molar-refractivity contribution in [1.29, 1.82) is 0 Å². The topological polar surface area (TPSA) is 51.5 Å². The van der Waals surface area contributed by atoms with Gasteiger partial charge >= 0.3 is 29.1 Å². The van der Waals surface area contributed by atoms with Crippen LogP contribution in [0.3, 0.4) is 0 Å². The number of fused-ring (bicyclic) bond motifs is 1. The average molecular weight is 350 g/mol. The molecule has 1 atom stereocenters. The first-order valence-corrected chi connectivity index (χ1v) is 7.93. The molecule has 0 aliphatic heterocycles. The van der Waals surface area contributed by atoms with Gasteiger partial charge in [0, 0.05) is 17.1 Å². The molecule has 1 aromatic heterocycles. The van der Waals surface area contributed by atoms with Gasteiger partial charge in [0.2, 0.25) is 0 Å². The molecule has 128 valence electrons. The molecule has 1 unspecified atom stereocenters. The molecule has 2 aromatic carbocycles. The van der Waals surface area contributed by atoms with Crippen LogP contribution in [0.2, 0.25) is 0 Å². The maximum Gasteiger partial charge on any atom is 2.00 e. The summed E-state index contributed by atoms with van der Waals surface area (Å²) in [5.41, 5.74) is 1.60. The Labute approximate surface area is 166 Å². The summed E-state index contributed by atoms with van der Waals surface area (Å²) in [6, 6.07) is 16.9. The predicted molar refractivity (Wildman–Crippen MR) is 102 cm³/mol. The smallest absolute Gasteiger partial charge is 1.00 e. The average Bonchev–Trinajstić information content (AvgIpc) is 2.93. The Morgan fingerprint density at radius 3 is 2.32 bits per heavy atom. The van der Waals surface area contributed by atoms with Gasteiger partial charge < -0.3 is 12.7 Å². The molecule has 0 spiro atoms. The second-order valence-corrected chi connectivity index (χ2v) is 6.77. The monoisotopic (exact) mass is 349 g/mol. The van der Waals surface area contributed by atoms with E-state index in [2.05, 4.69) is 0 Å². The molecule has 0 aliphatic carbocycles. The van der Waals surface area contributed by atoms with Gasteiger partial charge in [-0.2, -0.15) is 0 Å². The standard InChI is InChI=1S/C20H21NO3.Mg.2H/c1-20(2,3)24-19(23)21-13-16(15-11-7-8-12-17(15)21)18(22)14-9-5-4-6-10-14;;;/h4-13,18,22H,1-3H3;;;/q;+2;2*-1. The summed E-state index contributed by atoms with van der Waals surface area (Å²) in [6.45, 7) is 5.49. The predicted octanol–water partition coefficient (Wildman–Crippen LogP) is 4.35. The zero-order valence-corrected chi connectivity index (χ0v) is 16.2. The summed E-state index contributed by atoms with van der Waals surface area (Å²) in [4.78, 5) is 12.5. The number of hydrogen-bond donors (Lipinski definition) is 1. The van der Waals surface area contributed by atoms with Crippen molar-refractivity contribution in [3.05, 3.63) is 71.9 Å². The molecular weight excluding hydrogens is 327 g/mol. The molecule has 0 aliphatic rings. The minimum Gasteiger partial charge on any atom is -1.00 e. The molecule has 0 saturated heterocycles. The van der Waals surface area contributed by atoms with Crippen LogP contribution >= 0.6 is 0 Å². The first-order chi connectivity index (χ1) is 11.4. The Balaban J connectivity index is 0.00000225. The van der Waals surface area contributed by atoms with Crippen molar-refractivity contribution in [3.63, 3.8) is 0 Å². The number of aliphatic hydroxyl groups excluding tert-OH is 1. The Morgan fingerprint density at radius 2 is 1.68 bits per heavy atom. The van der Waals surface area contributed by atoms with Crippen LogP contribution in [0.4, 0.5) is 4.79 Å². The summed E-state index contributed by atoms with van der Waals surface area (Å²) in [5, 5.41) is 11.6. The molecule has 0 fully saturated rings. The molecule has 0 saturated carbocycles. The van der Waals surface area contributed by atoms with Crippen molar-refractivity contribution in [1.82, 2.24) is 4.57 Å². The fourth-order valence-corrected chi connectivity index (χ4v) is 2.70. The summed E-state index contributed by atoms with van der Waals surface area (Å²) < 4.78 is 6.93. The second kappa shape index (κ2) is 7.60. The first-order valence-electron chi connectivity index (χ1n) is 7.93. The zero-order chi connectivity index (χ0) is 17.3. The summed E-state index contributed by atoms with van der Waals surface area (Å²) >= 11 is 0. The molecule has 0 radical (unpaired) electrons. The van der Waals surface area contributed by atoms with E-state index < -0.39 is 17.8 Å². The van der Waals surface area contributed by atoms with Crippen molar-refractivity contribution in [2.24, 2.45) is 0 Å². The van der Waals surface area contributed by atoms with Crippen LogP contribution in [0.1, 0.15) is 40.9 Å². The Morgan fingerprint density at radius 1 is 1.08 bits per heavy atom. The fraction of sp³-hybridized carbons (Fsp3) is 0.250. The van der Waals surface area contributed by atoms with Gasteiger partial charge in [0.15, 0.2) is 0 Å². The van der Waals surface area contributed by atoms with Gasteiger partial charge in [-0.05, 0) is 32.4 Å². The number of aliphatic hydroxyl groups is 1. The van der Waals surface area contributed by atoms with E-state index in [9.17, 15) is 9.90 Å². The molecular formula is C20H23MgNO3. The number of ether oxygens (including phenoxy) is 1. The maximum atomic E-state index is 12.5. The van der Waals surface area contributed by atoms with E-state index in [1.807, 2.05) is 75.4 Å². The molecule has 3 aromatic rings. The van der Waals surface area contributed by atoms with Gasteiger partial charge in [-0.1, -0.05) is 48.5 Å². The van der Waals surface area contributed by atoms with Gasteiger partial charge in [0.1, 0.15) is 11.7 Å². The van der Waals surface area contributed by atoms with Gasteiger partial charge in [0.05, 0.1) is 5.52 Å². The largest absolute Gasteiger partial charge is 2.00 e. The van der Waals surface area contributed by atoms with E-state index in [0.29, 0.717) is 5.56 Å². The van der Waals surface area contributed by atoms with Crippen LogP contribution in [-0.4, -0.2) is 44.4 Å². The number of aromatic nitrogens is 1. The first kappa shape index (κ1) is 19.5. The number of hydrogen-bond acceptors (Lipinski definition) is 3. The third-order valence-corrected chi connectivity index (χ3v) is 3.74. The van der Waals surface area contributed by atoms with E-state index in [4.69, 9.17) is 4.74 Å². The van der Waals surface area contributed by atoms with E-state index >= 15 is 0 Å². The third-order valence-electron chi connectivity index (χ3n) is 3.74. The maximum absolute atomic E-state index is 12.5. The number of nitrogens with zero attached hydrogens (tertiary/aromatic N) is 1. The van der Waals surface area contributed by atoms with E-state index in [1.54, 1.807) is 6.20 Å². The Bertz CT molecular complexity index is 876.